The summed E-state index contributed by atoms with van der Waals surface area (Å²) in [5.41, 5.74) is 2.47. The largest absolute Gasteiger partial charge is 0.806 e. The van der Waals surface area contributed by atoms with Gasteiger partial charge in [-0.15, -0.1) is 0 Å². The number of carbonyl (C=O) groups excluding carboxylic acids is 2. The van der Waals surface area contributed by atoms with Crippen LogP contribution in [0, 0.1) is 17.6 Å². The molecule has 0 spiro atoms. The molecule has 6 nitrogen and oxygen atoms in total. The zero-order chi connectivity index (χ0) is 26.0. The van der Waals surface area contributed by atoms with Crippen LogP contribution in [0.15, 0.2) is 42.0 Å². The molecule has 4 rings (SSSR count). The van der Waals surface area contributed by atoms with Crippen molar-refractivity contribution in [1.29, 1.82) is 0 Å². The second-order valence-corrected chi connectivity index (χ2v) is 9.71. The number of piperidine rings is 1. The highest BCUT2D eigenvalue weighted by Gasteiger charge is 2.30. The molecule has 2 saturated heterocycles. The minimum Gasteiger partial charge on any atom is -0.806 e. The predicted molar refractivity (Wildman–Crippen MR) is 137 cm³/mol. The van der Waals surface area contributed by atoms with Crippen molar-refractivity contribution in [3.8, 4) is 0 Å². The first-order chi connectivity index (χ1) is 17.2. The molecule has 2 aromatic carbocycles. The van der Waals surface area contributed by atoms with E-state index in [0.717, 1.165) is 24.5 Å². The number of hydrogen-bond acceptors (Lipinski definition) is 3. The number of aryl methyl sites for hydroxylation is 1. The first-order valence-electron chi connectivity index (χ1n) is 12.0. The molecule has 1 unspecified atom stereocenters. The van der Waals surface area contributed by atoms with Gasteiger partial charge in [0.1, 0.15) is 11.6 Å². The van der Waals surface area contributed by atoms with Crippen molar-refractivity contribution in [2.24, 2.45) is 5.92 Å². The first-order valence-corrected chi connectivity index (χ1v) is 12.3. The van der Waals surface area contributed by atoms with E-state index in [2.05, 4.69) is 10.6 Å². The molecule has 2 heterocycles. The quantitative estimate of drug-likeness (QED) is 0.594. The second kappa shape index (κ2) is 10.8. The number of carbonyl (C=O) groups is 2. The van der Waals surface area contributed by atoms with Crippen LogP contribution in [-0.2, 0) is 11.2 Å². The third-order valence-corrected chi connectivity index (χ3v) is 7.22. The molecular formula is C27H28ClF2N4O2-. The summed E-state index contributed by atoms with van der Waals surface area (Å²) in [5, 5.41) is 17.1. The van der Waals surface area contributed by atoms with Gasteiger partial charge in [-0.25, -0.2) is 8.78 Å². The van der Waals surface area contributed by atoms with E-state index in [9.17, 15) is 23.8 Å². The number of amides is 2. The molecule has 2 atom stereocenters. The van der Waals surface area contributed by atoms with Crippen molar-refractivity contribution in [3.63, 3.8) is 0 Å². The Kier molecular flexibility index (Phi) is 7.73. The molecule has 0 radical (unpaired) electrons. The minimum absolute atomic E-state index is 0.0453. The summed E-state index contributed by atoms with van der Waals surface area (Å²) >= 11 is 6.48. The van der Waals surface area contributed by atoms with Gasteiger partial charge in [0.25, 0.3) is 5.91 Å². The zero-order valence-electron chi connectivity index (χ0n) is 20.2. The van der Waals surface area contributed by atoms with Gasteiger partial charge in [-0.1, -0.05) is 17.7 Å². The Morgan fingerprint density at radius 1 is 1.22 bits per heavy atom. The van der Waals surface area contributed by atoms with Gasteiger partial charge in [0, 0.05) is 49.9 Å². The summed E-state index contributed by atoms with van der Waals surface area (Å²) in [6.07, 6.45) is 2.44. The fourth-order valence-corrected chi connectivity index (χ4v) is 5.22. The highest BCUT2D eigenvalue weighted by Crippen LogP contribution is 2.30. The van der Waals surface area contributed by atoms with Gasteiger partial charge < -0.3 is 20.9 Å². The molecule has 36 heavy (non-hydrogen) atoms. The topological polar surface area (TPSA) is 83.7 Å². The smallest absolute Gasteiger partial charge is 0.255 e. The zero-order valence-corrected chi connectivity index (χ0v) is 21.0. The average molecular weight is 514 g/mol. The highest BCUT2D eigenvalue weighted by atomic mass is 35.5. The molecule has 0 aliphatic carbocycles. The van der Waals surface area contributed by atoms with Gasteiger partial charge in [-0.3, -0.25) is 9.59 Å². The van der Waals surface area contributed by atoms with Crippen LogP contribution in [0.25, 0.3) is 11.1 Å². The van der Waals surface area contributed by atoms with Gasteiger partial charge in [-0.2, -0.15) is 5.71 Å². The van der Waals surface area contributed by atoms with E-state index in [-0.39, 0.29) is 23.1 Å². The van der Waals surface area contributed by atoms with Crippen molar-refractivity contribution < 1.29 is 18.4 Å². The molecule has 2 amide bonds. The molecule has 0 aromatic heterocycles. The molecule has 2 N–H and O–H groups in total. The van der Waals surface area contributed by atoms with E-state index in [0.29, 0.717) is 53.7 Å². The number of nitrogens with one attached hydrogen (secondary N) is 2. The Morgan fingerprint density at radius 2 is 1.94 bits per heavy atom. The Bertz CT molecular complexity index is 1230. The molecule has 2 fully saturated rings. The normalized spacial score (nSPS) is 21.4. The van der Waals surface area contributed by atoms with Gasteiger partial charge in [0.2, 0.25) is 5.91 Å². The van der Waals surface area contributed by atoms with Gasteiger partial charge in [0.15, 0.2) is 0 Å². The van der Waals surface area contributed by atoms with E-state index in [1.165, 1.54) is 17.0 Å². The summed E-state index contributed by atoms with van der Waals surface area (Å²) < 4.78 is 27.6. The lowest BCUT2D eigenvalue weighted by molar-refractivity contribution is -0.119. The monoisotopic (exact) mass is 513 g/mol. The Hall–Kier alpha value is -3.26. The number of nitrogens with zero attached hydrogens (tertiary/aromatic N) is 2. The van der Waals surface area contributed by atoms with Crippen molar-refractivity contribution in [2.45, 2.75) is 38.6 Å². The van der Waals surface area contributed by atoms with Crippen molar-refractivity contribution >= 4 is 34.8 Å². The van der Waals surface area contributed by atoms with Crippen LogP contribution in [0.5, 0.6) is 0 Å². The van der Waals surface area contributed by atoms with Crippen molar-refractivity contribution in [3.05, 3.63) is 80.7 Å². The van der Waals surface area contributed by atoms with Crippen LogP contribution in [0.4, 0.5) is 8.78 Å². The first kappa shape index (κ1) is 25.8. The van der Waals surface area contributed by atoms with Crippen LogP contribution >= 0.6 is 11.6 Å². The summed E-state index contributed by atoms with van der Waals surface area (Å²) in [6, 6.07) is 7.86. The van der Waals surface area contributed by atoms with Crippen LogP contribution in [0.1, 0.15) is 47.7 Å². The van der Waals surface area contributed by atoms with E-state index >= 15 is 0 Å². The molecule has 2 aromatic rings. The van der Waals surface area contributed by atoms with Crippen molar-refractivity contribution in [2.75, 3.05) is 20.1 Å². The summed E-state index contributed by atoms with van der Waals surface area (Å²) in [7, 11) is 1.61. The van der Waals surface area contributed by atoms with Crippen LogP contribution in [-0.4, -0.2) is 48.6 Å². The standard InChI is InChI=1S/C27H28ClF2N4O2/c1-15-25(31)22(26(32-2)18-11-19(29)13-20(30)12-18)7-8-34(15)27(36)21-6-5-16(9-23(21)28)3-4-17-10-24(35)33-14-17/h5-6,9,11-13,15,17,32H,3-4,7-8,10,14H2,1-2H3,(H,33,35)/q-1/b26-22-/t15-,17?/m1/s1. The van der Waals surface area contributed by atoms with Gasteiger partial charge >= 0.3 is 0 Å². The maximum Gasteiger partial charge on any atom is 0.255 e. The lowest BCUT2D eigenvalue weighted by Gasteiger charge is -2.41. The molecule has 2 aliphatic heterocycles. The third kappa shape index (κ3) is 5.43. The van der Waals surface area contributed by atoms with E-state index in [4.69, 9.17) is 11.6 Å². The second-order valence-electron chi connectivity index (χ2n) is 9.30. The summed E-state index contributed by atoms with van der Waals surface area (Å²) in [4.78, 5) is 26.3. The molecule has 0 saturated carbocycles. The number of hydrogen-bond donors (Lipinski definition) is 2. The lowest BCUT2D eigenvalue weighted by Crippen LogP contribution is -2.48. The van der Waals surface area contributed by atoms with Crippen LogP contribution < -0.4 is 10.6 Å². The summed E-state index contributed by atoms with van der Waals surface area (Å²) in [5.74, 6) is -1.36. The SMILES string of the molecule is CN/C(=C1/CCN(C(=O)c2ccc(CCC3CNC(=O)C3)cc2Cl)[C@H](C)C1=[N-])c1cc(F)cc(F)c1. The number of halogens is 3. The van der Waals surface area contributed by atoms with Crippen LogP contribution in [0.3, 0.4) is 0 Å². The van der Waals surface area contributed by atoms with Crippen molar-refractivity contribution in [1.82, 2.24) is 15.5 Å². The number of likely N-dealkylation sites (tertiary alicyclic amines) is 1. The number of benzene rings is 2. The fraction of sp³-hybridized carbons (Fsp3) is 0.370. The molecule has 0 bridgehead atoms. The average Bonchev–Trinajstić information content (AvgIpc) is 3.25. The third-order valence-electron chi connectivity index (χ3n) is 6.91. The van der Waals surface area contributed by atoms with E-state index < -0.39 is 17.7 Å². The molecule has 190 valence electrons. The van der Waals surface area contributed by atoms with E-state index in [1.54, 1.807) is 26.1 Å². The maximum absolute atomic E-state index is 13.8. The number of rotatable bonds is 6. The predicted octanol–water partition coefficient (Wildman–Crippen LogP) is 4.56. The van der Waals surface area contributed by atoms with Gasteiger partial charge in [0.05, 0.1) is 10.6 Å². The maximum atomic E-state index is 13.8. The van der Waals surface area contributed by atoms with E-state index in [1.807, 2.05) is 6.07 Å². The minimum atomic E-state index is -0.718. The molecule has 9 heteroatoms. The van der Waals surface area contributed by atoms with Gasteiger partial charge in [-0.05, 0) is 67.5 Å². The Balaban J connectivity index is 1.49. The molecule has 2 aliphatic rings. The Labute approximate surface area is 214 Å². The molecular weight excluding hydrogens is 486 g/mol. The fourth-order valence-electron chi connectivity index (χ4n) is 4.93. The lowest BCUT2D eigenvalue weighted by atomic mass is 9.90. The highest BCUT2D eigenvalue weighted by molar-refractivity contribution is 6.34. The Morgan fingerprint density at radius 3 is 2.56 bits per heavy atom. The summed E-state index contributed by atoms with van der Waals surface area (Å²) in [6.45, 7) is 2.68. The van der Waals surface area contributed by atoms with Crippen LogP contribution in [0.2, 0.25) is 5.02 Å².